The first-order valence-electron chi connectivity index (χ1n) is 14.2. The molecule has 7 nitrogen and oxygen atoms in total. The van der Waals surface area contributed by atoms with Gasteiger partial charge in [0.05, 0.1) is 25.1 Å². The van der Waals surface area contributed by atoms with Crippen LogP contribution in [0.3, 0.4) is 0 Å². The van der Waals surface area contributed by atoms with Crippen molar-refractivity contribution < 1.29 is 24.5 Å². The number of rotatable bonds is 18. The Morgan fingerprint density at radius 1 is 0.829 bits per heavy atom. The number of benzene rings is 3. The molecule has 0 aromatic heterocycles. The predicted octanol–water partition coefficient (Wildman–Crippen LogP) is 4.22. The van der Waals surface area contributed by atoms with Crippen molar-refractivity contribution in [2.45, 2.75) is 36.5 Å². The molecule has 0 radical (unpaired) electrons. The van der Waals surface area contributed by atoms with Crippen molar-refractivity contribution in [2.75, 3.05) is 45.7 Å². The molecule has 3 rings (SSSR count). The van der Waals surface area contributed by atoms with Crippen LogP contribution in [-0.4, -0.2) is 78.7 Å². The predicted molar refractivity (Wildman–Crippen MR) is 165 cm³/mol. The molecule has 1 atom stereocenters. The summed E-state index contributed by atoms with van der Waals surface area (Å²) in [5.41, 5.74) is 3.50. The molecule has 0 saturated heterocycles. The number of ether oxygens (including phenoxy) is 1. The topological polar surface area (TPSA) is 99.1 Å². The monoisotopic (exact) mass is 578 g/mol. The minimum absolute atomic E-state index is 0.00714. The summed E-state index contributed by atoms with van der Waals surface area (Å²) in [7, 11) is 1.34. The Morgan fingerprint density at radius 2 is 1.32 bits per heavy atom. The van der Waals surface area contributed by atoms with E-state index in [0.717, 1.165) is 0 Å². The Kier molecular flexibility index (Phi) is 13.9. The highest BCUT2D eigenvalue weighted by molar-refractivity contribution is 8.00. The van der Waals surface area contributed by atoms with Gasteiger partial charge in [0.15, 0.2) is 0 Å². The van der Waals surface area contributed by atoms with Gasteiger partial charge in [-0.3, -0.25) is 14.5 Å². The number of aliphatic hydroxyl groups is 2. The zero-order chi connectivity index (χ0) is 29.3. The summed E-state index contributed by atoms with van der Waals surface area (Å²) in [4.78, 5) is 26.8. The number of unbranched alkanes of at least 4 members (excludes halogenated alkanes) is 1. The van der Waals surface area contributed by atoms with E-state index in [1.165, 1.54) is 23.8 Å². The van der Waals surface area contributed by atoms with Gasteiger partial charge in [-0.25, -0.2) is 0 Å². The summed E-state index contributed by atoms with van der Waals surface area (Å²) in [6.45, 7) is 0.859. The van der Waals surface area contributed by atoms with E-state index < -0.39 is 10.8 Å². The number of nitrogens with zero attached hydrogens (tertiary/aromatic N) is 1. The van der Waals surface area contributed by atoms with E-state index >= 15 is 0 Å². The number of carbonyl (C=O) groups is 2. The number of amides is 1. The SMILES string of the molecule is COC(=O)[C@H](CCCCNC(=O)CCSC(c1ccccc1)(c1ccccc1)c1ccccc1)N(CCO)CCO. The number of aliphatic hydroxyl groups excluding tert-OH is 2. The number of esters is 1. The van der Waals surface area contributed by atoms with Gasteiger partial charge in [-0.05, 0) is 36.0 Å². The van der Waals surface area contributed by atoms with Crippen LogP contribution in [0, 0.1) is 0 Å². The zero-order valence-electron chi connectivity index (χ0n) is 23.8. The lowest BCUT2D eigenvalue weighted by atomic mass is 9.84. The fraction of sp³-hybridized carbons (Fsp3) is 0.394. The average Bonchev–Trinajstić information content (AvgIpc) is 3.02. The molecule has 0 fully saturated rings. The highest BCUT2D eigenvalue weighted by atomic mass is 32.2. The van der Waals surface area contributed by atoms with Crippen LogP contribution in [0.2, 0.25) is 0 Å². The zero-order valence-corrected chi connectivity index (χ0v) is 24.6. The number of methoxy groups -OCH3 is 1. The smallest absolute Gasteiger partial charge is 0.323 e. The summed E-state index contributed by atoms with van der Waals surface area (Å²) in [5.74, 6) is 0.241. The van der Waals surface area contributed by atoms with Gasteiger partial charge in [-0.1, -0.05) is 91.0 Å². The van der Waals surface area contributed by atoms with E-state index in [0.29, 0.717) is 38.0 Å². The van der Waals surface area contributed by atoms with Crippen LogP contribution in [0.5, 0.6) is 0 Å². The van der Waals surface area contributed by atoms with Crippen molar-refractivity contribution in [2.24, 2.45) is 0 Å². The molecule has 0 aliphatic heterocycles. The maximum absolute atomic E-state index is 12.8. The Balaban J connectivity index is 1.59. The van der Waals surface area contributed by atoms with Crippen LogP contribution in [0.1, 0.15) is 42.4 Å². The number of carbonyl (C=O) groups excluding carboxylic acids is 2. The molecule has 3 N–H and O–H groups in total. The van der Waals surface area contributed by atoms with E-state index in [1.54, 1.807) is 16.7 Å². The maximum Gasteiger partial charge on any atom is 0.323 e. The number of nitrogens with one attached hydrogen (secondary N) is 1. The minimum Gasteiger partial charge on any atom is -0.468 e. The molecule has 0 heterocycles. The van der Waals surface area contributed by atoms with Gasteiger partial charge < -0.3 is 20.3 Å². The number of hydrogen-bond acceptors (Lipinski definition) is 7. The third-order valence-corrected chi connectivity index (χ3v) is 8.65. The fourth-order valence-corrected chi connectivity index (χ4v) is 6.61. The van der Waals surface area contributed by atoms with E-state index in [9.17, 15) is 19.8 Å². The molecule has 0 bridgehead atoms. The van der Waals surface area contributed by atoms with E-state index in [4.69, 9.17) is 4.74 Å². The third-order valence-electron chi connectivity index (χ3n) is 7.10. The van der Waals surface area contributed by atoms with Gasteiger partial charge in [0.1, 0.15) is 6.04 Å². The van der Waals surface area contributed by atoms with Crippen LogP contribution in [0.15, 0.2) is 91.0 Å². The van der Waals surface area contributed by atoms with Crippen LogP contribution < -0.4 is 5.32 Å². The van der Waals surface area contributed by atoms with Crippen molar-refractivity contribution >= 4 is 23.6 Å². The van der Waals surface area contributed by atoms with Gasteiger partial charge >= 0.3 is 5.97 Å². The quantitative estimate of drug-likeness (QED) is 0.118. The molecule has 41 heavy (non-hydrogen) atoms. The van der Waals surface area contributed by atoms with Gasteiger partial charge in [0.25, 0.3) is 0 Å². The van der Waals surface area contributed by atoms with Crippen molar-refractivity contribution in [3.05, 3.63) is 108 Å². The molecular formula is C33H42N2O5S. The highest BCUT2D eigenvalue weighted by Gasteiger charge is 2.36. The molecule has 220 valence electrons. The lowest BCUT2D eigenvalue weighted by Gasteiger charge is -2.35. The van der Waals surface area contributed by atoms with Crippen LogP contribution in [0.25, 0.3) is 0 Å². The summed E-state index contributed by atoms with van der Waals surface area (Å²) in [6.07, 6.45) is 2.30. The standard InChI is InChI=1S/C33H42N2O5S/c1-40-32(39)30(35(22-24-36)23-25-37)19-11-12-21-34-31(38)20-26-41-33(27-13-5-2-6-14-27,28-15-7-3-8-16-28)29-17-9-4-10-18-29/h2-10,13-18,30,36-37H,11-12,19-26H2,1H3,(H,34,38)/t30-/m0/s1. The van der Waals surface area contributed by atoms with Gasteiger partial charge in [-0.2, -0.15) is 0 Å². The number of thioether (sulfide) groups is 1. The average molecular weight is 579 g/mol. The van der Waals surface area contributed by atoms with Crippen LogP contribution in [0.4, 0.5) is 0 Å². The van der Waals surface area contributed by atoms with E-state index in [1.807, 2.05) is 18.2 Å². The minimum atomic E-state index is -0.534. The highest BCUT2D eigenvalue weighted by Crippen LogP contribution is 2.48. The van der Waals surface area contributed by atoms with Crippen LogP contribution >= 0.6 is 11.8 Å². The first-order chi connectivity index (χ1) is 20.1. The largest absolute Gasteiger partial charge is 0.468 e. The second-order valence-corrected chi connectivity index (χ2v) is 11.1. The normalized spacial score (nSPS) is 12.2. The van der Waals surface area contributed by atoms with Crippen molar-refractivity contribution in [1.29, 1.82) is 0 Å². The summed E-state index contributed by atoms with van der Waals surface area (Å²) in [6, 6.07) is 30.8. The Bertz CT molecular complexity index is 1060. The summed E-state index contributed by atoms with van der Waals surface area (Å²) >= 11 is 1.76. The summed E-state index contributed by atoms with van der Waals surface area (Å²) in [5, 5.41) is 21.7. The lowest BCUT2D eigenvalue weighted by molar-refractivity contribution is -0.147. The molecule has 0 spiro atoms. The molecule has 1 amide bonds. The van der Waals surface area contributed by atoms with Gasteiger partial charge in [0.2, 0.25) is 5.91 Å². The molecule has 8 heteroatoms. The Morgan fingerprint density at radius 3 is 1.76 bits per heavy atom. The third kappa shape index (κ3) is 9.16. The van der Waals surface area contributed by atoms with Crippen LogP contribution in [-0.2, 0) is 19.1 Å². The molecule has 3 aromatic rings. The first-order valence-corrected chi connectivity index (χ1v) is 15.2. The second-order valence-electron chi connectivity index (χ2n) is 9.75. The molecular weight excluding hydrogens is 536 g/mol. The van der Waals surface area contributed by atoms with Crippen molar-refractivity contribution in [3.63, 3.8) is 0 Å². The first kappa shape index (κ1) is 32.3. The maximum atomic E-state index is 12.8. The lowest BCUT2D eigenvalue weighted by Crippen LogP contribution is -2.44. The second kappa shape index (κ2) is 17.6. The van der Waals surface area contributed by atoms with Gasteiger partial charge in [0, 0.05) is 31.8 Å². The molecule has 0 unspecified atom stereocenters. The summed E-state index contributed by atoms with van der Waals surface area (Å²) < 4.78 is 4.48. The fourth-order valence-electron chi connectivity index (χ4n) is 5.11. The molecule has 0 saturated carbocycles. The molecule has 3 aromatic carbocycles. The molecule has 0 aliphatic carbocycles. The van der Waals surface area contributed by atoms with E-state index in [2.05, 4.69) is 78.1 Å². The Hall–Kier alpha value is -3.17. The van der Waals surface area contributed by atoms with E-state index in [-0.39, 0.29) is 38.2 Å². The molecule has 0 aliphatic rings. The van der Waals surface area contributed by atoms with Gasteiger partial charge in [-0.15, -0.1) is 11.8 Å². The number of hydrogen-bond donors (Lipinski definition) is 3. The van der Waals surface area contributed by atoms with Crippen molar-refractivity contribution in [3.8, 4) is 0 Å². The Labute approximate surface area is 247 Å². The van der Waals surface area contributed by atoms with Crippen molar-refractivity contribution in [1.82, 2.24) is 10.2 Å².